The molecule has 1 aromatic heterocycles. The minimum absolute atomic E-state index is 0.0466. The van der Waals surface area contributed by atoms with E-state index in [2.05, 4.69) is 4.98 Å². The zero-order valence-electron chi connectivity index (χ0n) is 12.3. The Hall–Kier alpha value is -1.62. The molecule has 0 bridgehead atoms. The minimum Gasteiger partial charge on any atom is -0.444 e. The van der Waals surface area contributed by atoms with Gasteiger partial charge in [0, 0.05) is 25.2 Å². The highest BCUT2D eigenvalue weighted by atomic mass is 16.6. The van der Waals surface area contributed by atoms with Crippen LogP contribution in [-0.2, 0) is 11.3 Å². The van der Waals surface area contributed by atoms with Crippen LogP contribution >= 0.6 is 0 Å². The van der Waals surface area contributed by atoms with Gasteiger partial charge in [-0.15, -0.1) is 0 Å². The summed E-state index contributed by atoms with van der Waals surface area (Å²) in [5.41, 5.74) is 1.31. The van der Waals surface area contributed by atoms with Crippen molar-refractivity contribution < 1.29 is 14.6 Å². The summed E-state index contributed by atoms with van der Waals surface area (Å²) < 4.78 is 5.38. The summed E-state index contributed by atoms with van der Waals surface area (Å²) in [6.07, 6.45) is 2.45. The van der Waals surface area contributed by atoms with Gasteiger partial charge in [0.15, 0.2) is 0 Å². The van der Waals surface area contributed by atoms with E-state index in [9.17, 15) is 4.79 Å². The number of nitrogens with zero attached hydrogens (tertiary/aromatic N) is 2. The number of carbonyl (C=O) groups is 1. The summed E-state index contributed by atoms with van der Waals surface area (Å²) in [6.45, 7) is 6.94. The second-order valence-electron chi connectivity index (χ2n) is 6.15. The predicted octanol–water partition coefficient (Wildman–Crippen LogP) is 2.30. The maximum absolute atomic E-state index is 12.0. The normalized spacial score (nSPS) is 19.2. The number of aliphatic hydroxyl groups excluding tert-OH is 1. The molecule has 0 spiro atoms. The van der Waals surface area contributed by atoms with E-state index < -0.39 is 5.60 Å². The molecule has 0 aliphatic carbocycles. The Balaban J connectivity index is 1.96. The Morgan fingerprint density at radius 1 is 1.50 bits per heavy atom. The average Bonchev–Trinajstić information content (AvgIpc) is 2.86. The van der Waals surface area contributed by atoms with E-state index in [1.165, 1.54) is 0 Å². The number of aliphatic hydroxyl groups is 1. The largest absolute Gasteiger partial charge is 0.444 e. The number of pyridine rings is 1. The summed E-state index contributed by atoms with van der Waals surface area (Å²) in [7, 11) is 0. The number of likely N-dealkylation sites (tertiary alicyclic amines) is 1. The SMILES string of the molecule is CC(C)(C)OC(=O)N1CCC(c2ccc(CO)nc2)C1. The van der Waals surface area contributed by atoms with Gasteiger partial charge >= 0.3 is 6.09 Å². The fourth-order valence-electron chi connectivity index (χ4n) is 2.30. The fraction of sp³-hybridized carbons (Fsp3) is 0.600. The van der Waals surface area contributed by atoms with E-state index in [0.717, 1.165) is 12.0 Å². The van der Waals surface area contributed by atoms with Crippen molar-refractivity contribution in [3.63, 3.8) is 0 Å². The molecule has 0 saturated carbocycles. The molecule has 1 aliphatic rings. The number of carbonyl (C=O) groups excluding carboxylic acids is 1. The van der Waals surface area contributed by atoms with Gasteiger partial charge in [-0.3, -0.25) is 4.98 Å². The second-order valence-corrected chi connectivity index (χ2v) is 6.15. The van der Waals surface area contributed by atoms with Crippen molar-refractivity contribution in [2.75, 3.05) is 13.1 Å². The van der Waals surface area contributed by atoms with Gasteiger partial charge in [0.25, 0.3) is 0 Å². The Labute approximate surface area is 119 Å². The zero-order chi connectivity index (χ0) is 14.8. The van der Waals surface area contributed by atoms with Crippen LogP contribution in [0.25, 0.3) is 0 Å². The predicted molar refractivity (Wildman–Crippen MR) is 75.3 cm³/mol. The lowest BCUT2D eigenvalue weighted by molar-refractivity contribution is 0.0292. The lowest BCUT2D eigenvalue weighted by Crippen LogP contribution is -2.35. The van der Waals surface area contributed by atoms with Crippen molar-refractivity contribution in [3.05, 3.63) is 29.6 Å². The summed E-state index contributed by atoms with van der Waals surface area (Å²) in [5, 5.41) is 8.98. The monoisotopic (exact) mass is 278 g/mol. The molecule has 1 atom stereocenters. The van der Waals surface area contributed by atoms with Gasteiger partial charge in [0.05, 0.1) is 12.3 Å². The number of amides is 1. The first-order valence-corrected chi connectivity index (χ1v) is 6.92. The van der Waals surface area contributed by atoms with Crippen LogP contribution in [0.2, 0.25) is 0 Å². The summed E-state index contributed by atoms with van der Waals surface area (Å²) >= 11 is 0. The van der Waals surface area contributed by atoms with Crippen LogP contribution in [0, 0.1) is 0 Å². The third-order valence-electron chi connectivity index (χ3n) is 3.32. The standard InChI is InChI=1S/C15H22N2O3/c1-15(2,3)20-14(19)17-7-6-12(9-17)11-4-5-13(10-18)16-8-11/h4-5,8,12,18H,6-7,9-10H2,1-3H3. The van der Waals surface area contributed by atoms with Crippen LogP contribution in [0.1, 0.15) is 44.4 Å². The lowest BCUT2D eigenvalue weighted by Gasteiger charge is -2.24. The molecule has 5 nitrogen and oxygen atoms in total. The third-order valence-corrected chi connectivity index (χ3v) is 3.32. The highest BCUT2D eigenvalue weighted by molar-refractivity contribution is 5.68. The van der Waals surface area contributed by atoms with Crippen molar-refractivity contribution in [1.82, 2.24) is 9.88 Å². The van der Waals surface area contributed by atoms with Gasteiger partial charge in [-0.2, -0.15) is 0 Å². The molecule has 2 rings (SSSR count). The smallest absolute Gasteiger partial charge is 0.410 e. The molecule has 110 valence electrons. The lowest BCUT2D eigenvalue weighted by atomic mass is 10.0. The highest BCUT2D eigenvalue weighted by Crippen LogP contribution is 2.27. The molecule has 1 N–H and O–H groups in total. The molecule has 1 fully saturated rings. The summed E-state index contributed by atoms with van der Waals surface area (Å²) in [6, 6.07) is 3.80. The van der Waals surface area contributed by atoms with E-state index in [1.807, 2.05) is 32.9 Å². The minimum atomic E-state index is -0.459. The zero-order valence-corrected chi connectivity index (χ0v) is 12.3. The maximum Gasteiger partial charge on any atom is 0.410 e. The molecule has 1 amide bonds. The Morgan fingerprint density at radius 2 is 2.25 bits per heavy atom. The number of rotatable bonds is 2. The van der Waals surface area contributed by atoms with Crippen molar-refractivity contribution in [1.29, 1.82) is 0 Å². The fourth-order valence-corrected chi connectivity index (χ4v) is 2.30. The van der Waals surface area contributed by atoms with E-state index in [-0.39, 0.29) is 12.7 Å². The molecule has 0 radical (unpaired) electrons. The molecular weight excluding hydrogens is 256 g/mol. The first-order valence-electron chi connectivity index (χ1n) is 6.92. The van der Waals surface area contributed by atoms with Crippen LogP contribution in [0.4, 0.5) is 4.79 Å². The number of hydrogen-bond acceptors (Lipinski definition) is 4. The Morgan fingerprint density at radius 3 is 2.80 bits per heavy atom. The first-order chi connectivity index (χ1) is 9.39. The average molecular weight is 278 g/mol. The molecule has 1 unspecified atom stereocenters. The molecule has 1 aromatic rings. The molecule has 0 aromatic carbocycles. The van der Waals surface area contributed by atoms with Crippen LogP contribution in [-0.4, -0.2) is 39.8 Å². The topological polar surface area (TPSA) is 62.7 Å². The quantitative estimate of drug-likeness (QED) is 0.901. The maximum atomic E-state index is 12.0. The van der Waals surface area contributed by atoms with Gasteiger partial charge in [-0.05, 0) is 38.8 Å². The third kappa shape index (κ3) is 3.70. The van der Waals surface area contributed by atoms with Crippen molar-refractivity contribution in [3.8, 4) is 0 Å². The van der Waals surface area contributed by atoms with E-state index in [0.29, 0.717) is 24.7 Å². The molecule has 20 heavy (non-hydrogen) atoms. The van der Waals surface area contributed by atoms with Crippen LogP contribution in [0.15, 0.2) is 18.3 Å². The van der Waals surface area contributed by atoms with Crippen LogP contribution in [0.5, 0.6) is 0 Å². The molecule has 1 saturated heterocycles. The van der Waals surface area contributed by atoms with Gasteiger partial charge in [0.1, 0.15) is 5.60 Å². The number of hydrogen-bond donors (Lipinski definition) is 1. The van der Waals surface area contributed by atoms with Crippen molar-refractivity contribution in [2.24, 2.45) is 0 Å². The van der Waals surface area contributed by atoms with Gasteiger partial charge in [-0.1, -0.05) is 6.07 Å². The van der Waals surface area contributed by atoms with Crippen LogP contribution in [0.3, 0.4) is 0 Å². The summed E-state index contributed by atoms with van der Waals surface area (Å²) in [5.74, 6) is 0.294. The van der Waals surface area contributed by atoms with E-state index in [1.54, 1.807) is 11.1 Å². The molecule has 5 heteroatoms. The molecule has 2 heterocycles. The molecule has 1 aliphatic heterocycles. The van der Waals surface area contributed by atoms with Crippen molar-refractivity contribution in [2.45, 2.75) is 45.3 Å². The first kappa shape index (κ1) is 14.8. The van der Waals surface area contributed by atoms with Gasteiger partial charge in [0.2, 0.25) is 0 Å². The molecular formula is C15H22N2O3. The van der Waals surface area contributed by atoms with Crippen LogP contribution < -0.4 is 0 Å². The number of aromatic nitrogens is 1. The van der Waals surface area contributed by atoms with E-state index in [4.69, 9.17) is 9.84 Å². The Bertz CT molecular complexity index is 465. The van der Waals surface area contributed by atoms with E-state index >= 15 is 0 Å². The highest BCUT2D eigenvalue weighted by Gasteiger charge is 2.30. The van der Waals surface area contributed by atoms with Crippen molar-refractivity contribution >= 4 is 6.09 Å². The Kier molecular flexibility index (Phi) is 4.28. The number of ether oxygens (including phenoxy) is 1. The van der Waals surface area contributed by atoms with Gasteiger partial charge in [-0.25, -0.2) is 4.79 Å². The summed E-state index contributed by atoms with van der Waals surface area (Å²) in [4.78, 5) is 17.9. The van der Waals surface area contributed by atoms with Gasteiger partial charge < -0.3 is 14.7 Å². The second kappa shape index (κ2) is 5.79.